The molecule has 1 spiro atoms. The second kappa shape index (κ2) is 8.89. The van der Waals surface area contributed by atoms with Crippen LogP contribution in [-0.2, 0) is 5.41 Å². The van der Waals surface area contributed by atoms with Crippen LogP contribution in [0.4, 0.5) is 0 Å². The van der Waals surface area contributed by atoms with Gasteiger partial charge in [-0.15, -0.1) is 0 Å². The van der Waals surface area contributed by atoms with Crippen molar-refractivity contribution in [1.82, 2.24) is 0 Å². The lowest BCUT2D eigenvalue weighted by molar-refractivity contribution is 0.801. The number of fused-ring (bicyclic) bond motifs is 12. The molecular formula is C41H25Br. The summed E-state index contributed by atoms with van der Waals surface area (Å²) in [7, 11) is 0. The van der Waals surface area contributed by atoms with Gasteiger partial charge in [-0.2, -0.15) is 0 Å². The molecule has 7 aromatic carbocycles. The van der Waals surface area contributed by atoms with E-state index >= 15 is 0 Å². The number of hydrogen-bond donors (Lipinski definition) is 0. The van der Waals surface area contributed by atoms with E-state index in [1.807, 2.05) is 0 Å². The number of benzene rings is 7. The summed E-state index contributed by atoms with van der Waals surface area (Å²) in [5, 5.41) is 2.62. The van der Waals surface area contributed by atoms with Gasteiger partial charge in [-0.05, 0) is 95.7 Å². The smallest absolute Gasteiger partial charge is 0.0619 e. The van der Waals surface area contributed by atoms with E-state index in [1.165, 1.54) is 77.5 Å². The molecule has 0 saturated carbocycles. The molecule has 0 atom stereocenters. The standard InChI is InChI=1S/C41H25Br/c42-31-10-7-9-29(24-31)26-16-18-27(19-17-26)30-21-22-35-36-23-20-28-8-1-2-11-32(28)40(36)41(39(35)25-30)37-14-5-3-12-33(37)34-13-4-6-15-38(34)41/h1-25H. The fourth-order valence-electron chi connectivity index (χ4n) is 7.62. The van der Waals surface area contributed by atoms with Gasteiger partial charge >= 0.3 is 0 Å². The Balaban J connectivity index is 1.32. The summed E-state index contributed by atoms with van der Waals surface area (Å²) in [6, 6.07) is 56.2. The highest BCUT2D eigenvalue weighted by Crippen LogP contribution is 2.64. The van der Waals surface area contributed by atoms with E-state index in [0.717, 1.165) is 4.47 Å². The Hall–Kier alpha value is -4.72. The Morgan fingerprint density at radius 3 is 1.67 bits per heavy atom. The lowest BCUT2D eigenvalue weighted by Gasteiger charge is -2.31. The summed E-state index contributed by atoms with van der Waals surface area (Å²) >= 11 is 3.62. The Morgan fingerprint density at radius 2 is 0.952 bits per heavy atom. The average Bonchev–Trinajstić information content (AvgIpc) is 3.52. The SMILES string of the molecule is Brc1cccc(-c2ccc(-c3ccc4c(c3)C3(c5ccccc5-c5ccccc53)c3c-4ccc4ccccc34)cc2)c1. The van der Waals surface area contributed by atoms with Gasteiger partial charge in [0.25, 0.3) is 0 Å². The van der Waals surface area contributed by atoms with Crippen molar-refractivity contribution in [2.24, 2.45) is 0 Å². The minimum atomic E-state index is -0.370. The van der Waals surface area contributed by atoms with Crippen LogP contribution in [0.1, 0.15) is 22.3 Å². The third kappa shape index (κ3) is 3.17. The number of rotatable bonds is 2. The van der Waals surface area contributed by atoms with Crippen LogP contribution in [0.3, 0.4) is 0 Å². The maximum Gasteiger partial charge on any atom is 0.0731 e. The molecule has 196 valence electrons. The van der Waals surface area contributed by atoms with E-state index in [9.17, 15) is 0 Å². The second-order valence-corrected chi connectivity index (χ2v) is 12.3. The van der Waals surface area contributed by atoms with Gasteiger partial charge in [-0.1, -0.05) is 149 Å². The van der Waals surface area contributed by atoms with Crippen LogP contribution in [0.25, 0.3) is 55.3 Å². The van der Waals surface area contributed by atoms with E-state index in [4.69, 9.17) is 0 Å². The fraction of sp³-hybridized carbons (Fsp3) is 0.0244. The molecule has 0 amide bonds. The number of hydrogen-bond acceptors (Lipinski definition) is 0. The van der Waals surface area contributed by atoms with Crippen LogP contribution < -0.4 is 0 Å². The largest absolute Gasteiger partial charge is 0.0731 e. The first-order chi connectivity index (χ1) is 20.7. The highest BCUT2D eigenvalue weighted by molar-refractivity contribution is 9.10. The van der Waals surface area contributed by atoms with Gasteiger partial charge in [0.05, 0.1) is 5.41 Å². The highest BCUT2D eigenvalue weighted by Gasteiger charge is 2.52. The van der Waals surface area contributed by atoms with E-state index in [1.54, 1.807) is 0 Å². The molecule has 0 heterocycles. The van der Waals surface area contributed by atoms with Crippen molar-refractivity contribution in [1.29, 1.82) is 0 Å². The van der Waals surface area contributed by atoms with Gasteiger partial charge in [-0.25, -0.2) is 0 Å². The van der Waals surface area contributed by atoms with Crippen LogP contribution in [0, 0.1) is 0 Å². The van der Waals surface area contributed by atoms with E-state index in [0.29, 0.717) is 0 Å². The van der Waals surface area contributed by atoms with Crippen molar-refractivity contribution in [2.75, 3.05) is 0 Å². The molecule has 0 aliphatic heterocycles. The maximum absolute atomic E-state index is 3.62. The Kier molecular flexibility index (Phi) is 5.06. The van der Waals surface area contributed by atoms with E-state index in [-0.39, 0.29) is 5.41 Å². The minimum absolute atomic E-state index is 0.370. The summed E-state index contributed by atoms with van der Waals surface area (Å²) in [6.07, 6.45) is 0. The molecule has 9 rings (SSSR count). The monoisotopic (exact) mass is 596 g/mol. The van der Waals surface area contributed by atoms with Gasteiger partial charge in [-0.3, -0.25) is 0 Å². The molecule has 1 heteroatoms. The first-order valence-corrected chi connectivity index (χ1v) is 15.3. The van der Waals surface area contributed by atoms with Gasteiger partial charge < -0.3 is 0 Å². The molecule has 2 aliphatic carbocycles. The van der Waals surface area contributed by atoms with E-state index < -0.39 is 0 Å². The van der Waals surface area contributed by atoms with Crippen LogP contribution in [0.2, 0.25) is 0 Å². The molecule has 0 unspecified atom stereocenters. The molecule has 0 aromatic heterocycles. The first-order valence-electron chi connectivity index (χ1n) is 14.5. The van der Waals surface area contributed by atoms with Gasteiger partial charge in [0.15, 0.2) is 0 Å². The molecule has 0 radical (unpaired) electrons. The van der Waals surface area contributed by atoms with E-state index in [2.05, 4.69) is 168 Å². The van der Waals surface area contributed by atoms with Crippen molar-refractivity contribution >= 4 is 26.7 Å². The zero-order chi connectivity index (χ0) is 27.8. The second-order valence-electron chi connectivity index (χ2n) is 11.4. The topological polar surface area (TPSA) is 0 Å². The summed E-state index contributed by atoms with van der Waals surface area (Å²) in [4.78, 5) is 0. The van der Waals surface area contributed by atoms with Crippen molar-refractivity contribution in [3.8, 4) is 44.5 Å². The molecule has 7 aromatic rings. The fourth-order valence-corrected chi connectivity index (χ4v) is 8.02. The number of halogens is 1. The first kappa shape index (κ1) is 23.9. The Bertz CT molecular complexity index is 2160. The third-order valence-electron chi connectivity index (χ3n) is 9.35. The van der Waals surface area contributed by atoms with Crippen molar-refractivity contribution in [3.05, 3.63) is 178 Å². The summed E-state index contributed by atoms with van der Waals surface area (Å²) in [6.45, 7) is 0. The molecule has 0 N–H and O–H groups in total. The third-order valence-corrected chi connectivity index (χ3v) is 9.84. The zero-order valence-corrected chi connectivity index (χ0v) is 24.4. The van der Waals surface area contributed by atoms with Crippen molar-refractivity contribution < 1.29 is 0 Å². The van der Waals surface area contributed by atoms with Crippen LogP contribution in [-0.4, -0.2) is 0 Å². The zero-order valence-electron chi connectivity index (χ0n) is 22.8. The highest BCUT2D eigenvalue weighted by atomic mass is 79.9. The lowest BCUT2D eigenvalue weighted by atomic mass is 9.69. The predicted molar refractivity (Wildman–Crippen MR) is 179 cm³/mol. The van der Waals surface area contributed by atoms with Crippen LogP contribution in [0.5, 0.6) is 0 Å². The van der Waals surface area contributed by atoms with Gasteiger partial charge in [0.2, 0.25) is 0 Å². The predicted octanol–water partition coefficient (Wildman–Crippen LogP) is 11.3. The summed E-state index contributed by atoms with van der Waals surface area (Å²) < 4.78 is 1.09. The Labute approximate surface area is 254 Å². The van der Waals surface area contributed by atoms with Gasteiger partial charge in [0, 0.05) is 4.47 Å². The van der Waals surface area contributed by atoms with Crippen LogP contribution >= 0.6 is 15.9 Å². The molecule has 42 heavy (non-hydrogen) atoms. The molecule has 2 aliphatic rings. The molecule has 0 nitrogen and oxygen atoms in total. The van der Waals surface area contributed by atoms with Crippen molar-refractivity contribution in [3.63, 3.8) is 0 Å². The molecule has 0 saturated heterocycles. The molecular weight excluding hydrogens is 572 g/mol. The Morgan fingerprint density at radius 1 is 0.381 bits per heavy atom. The molecule has 0 bridgehead atoms. The molecule has 0 fully saturated rings. The van der Waals surface area contributed by atoms with Crippen LogP contribution in [0.15, 0.2) is 156 Å². The summed E-state index contributed by atoms with van der Waals surface area (Å²) in [5.74, 6) is 0. The van der Waals surface area contributed by atoms with Gasteiger partial charge in [0.1, 0.15) is 0 Å². The average molecular weight is 598 g/mol. The minimum Gasteiger partial charge on any atom is -0.0619 e. The maximum atomic E-state index is 3.62. The summed E-state index contributed by atoms with van der Waals surface area (Å²) in [5.41, 5.74) is 15.4. The quantitative estimate of drug-likeness (QED) is 0.186. The van der Waals surface area contributed by atoms with Crippen molar-refractivity contribution in [2.45, 2.75) is 5.41 Å². The normalized spacial score (nSPS) is 13.5. The lowest BCUT2D eigenvalue weighted by Crippen LogP contribution is -2.26.